The van der Waals surface area contributed by atoms with Crippen molar-refractivity contribution in [1.29, 1.82) is 0 Å². The normalized spacial score (nSPS) is 7.11. The van der Waals surface area contributed by atoms with Gasteiger partial charge < -0.3 is 9.52 Å². The van der Waals surface area contributed by atoms with Crippen LogP contribution in [0.3, 0.4) is 0 Å². The van der Waals surface area contributed by atoms with Gasteiger partial charge in [0.15, 0.2) is 0 Å². The summed E-state index contributed by atoms with van der Waals surface area (Å²) in [4.78, 5) is 2.83. The van der Waals surface area contributed by atoms with Gasteiger partial charge in [-0.3, -0.25) is 0 Å². The van der Waals surface area contributed by atoms with E-state index < -0.39 is 12.0 Å². The third kappa shape index (κ3) is 3.56. The minimum atomic E-state index is -0.829. The van der Waals surface area contributed by atoms with Gasteiger partial charge in [-0.1, -0.05) is 0 Å². The van der Waals surface area contributed by atoms with Gasteiger partial charge in [-0.2, -0.15) is 4.98 Å². The molecule has 0 aliphatic carbocycles. The zero-order valence-electron chi connectivity index (χ0n) is 5.25. The first-order chi connectivity index (χ1) is 3.29. The minimum absolute atomic E-state index is 0. The fourth-order valence-corrected chi connectivity index (χ4v) is 0.243. The van der Waals surface area contributed by atoms with Crippen molar-refractivity contribution in [2.24, 2.45) is 0 Å². The molecule has 0 fully saturated rings. The van der Waals surface area contributed by atoms with Gasteiger partial charge in [-0.15, -0.1) is 0 Å². The maximum absolute atomic E-state index is 9.89. The van der Waals surface area contributed by atoms with Crippen LogP contribution in [-0.4, -0.2) is 23.8 Å². The second-order valence-corrected chi connectivity index (χ2v) is 0.952. The standard InChI is InChI=1S/C3H2NO3.2Li/c5-2-1-7-3(6)4-2;;/h1,5H;;/q;;+1/p-1. The number of oxazole rings is 1. The van der Waals surface area contributed by atoms with Crippen molar-refractivity contribution in [1.82, 2.24) is 4.98 Å². The molecule has 1 rings (SSSR count). The van der Waals surface area contributed by atoms with Gasteiger partial charge in [0.1, 0.15) is 6.26 Å². The zero-order chi connectivity index (χ0) is 5.28. The van der Waals surface area contributed by atoms with Gasteiger partial charge in [0.25, 0.3) is 0 Å². The molecule has 0 aliphatic heterocycles. The van der Waals surface area contributed by atoms with E-state index in [1.54, 1.807) is 0 Å². The van der Waals surface area contributed by atoms with Gasteiger partial charge >= 0.3 is 24.9 Å². The van der Waals surface area contributed by atoms with Crippen molar-refractivity contribution in [3.63, 3.8) is 0 Å². The first-order valence-corrected chi connectivity index (χ1v) is 1.58. The van der Waals surface area contributed by atoms with E-state index in [1.165, 1.54) is 0 Å². The minimum Gasteiger partial charge on any atom is -0.856 e. The van der Waals surface area contributed by atoms with Crippen LogP contribution in [0.25, 0.3) is 0 Å². The maximum Gasteiger partial charge on any atom is 1.00 e. The molecule has 4 nitrogen and oxygen atoms in total. The molecule has 0 spiro atoms. The second kappa shape index (κ2) is 4.84. The maximum atomic E-state index is 9.89. The summed E-state index contributed by atoms with van der Waals surface area (Å²) in [5.41, 5.74) is 0. The Morgan fingerprint density at radius 2 is 2.22 bits per heavy atom. The van der Waals surface area contributed by atoms with Crippen LogP contribution in [0.5, 0.6) is 12.0 Å². The fraction of sp³-hybridized carbons (Fsp3) is 0. The Morgan fingerprint density at radius 1 is 1.67 bits per heavy atom. The molecule has 0 aliphatic rings. The van der Waals surface area contributed by atoms with E-state index >= 15 is 0 Å². The van der Waals surface area contributed by atoms with E-state index in [-0.39, 0.29) is 37.7 Å². The van der Waals surface area contributed by atoms with E-state index in [4.69, 9.17) is 0 Å². The molecule has 1 aromatic heterocycles. The molecule has 0 atom stereocenters. The van der Waals surface area contributed by atoms with Crippen molar-refractivity contribution in [3.05, 3.63) is 6.26 Å². The quantitative estimate of drug-likeness (QED) is 0.328. The Hall–Kier alpha value is 0.00481. The Bertz CT molecular complexity index is 149. The van der Waals surface area contributed by atoms with Crippen LogP contribution in [-0.2, 0) is 5.11 Å². The van der Waals surface area contributed by atoms with Crippen LogP contribution >= 0.6 is 0 Å². The Balaban J connectivity index is 0. The topological polar surface area (TPSA) is 69.0 Å². The third-order valence-electron chi connectivity index (χ3n) is 0.462. The van der Waals surface area contributed by atoms with Crippen molar-refractivity contribution < 1.29 is 33.5 Å². The molecule has 1 aromatic rings. The van der Waals surface area contributed by atoms with Crippen molar-refractivity contribution in [3.8, 4) is 12.0 Å². The van der Waals surface area contributed by atoms with E-state index in [2.05, 4.69) is 9.40 Å². The average molecular weight is 113 g/mol. The number of nitrogens with zero attached hydrogens (tertiary/aromatic N) is 1. The molecule has 0 unspecified atom stereocenters. The van der Waals surface area contributed by atoms with Crippen molar-refractivity contribution in [2.75, 3.05) is 0 Å². The van der Waals surface area contributed by atoms with E-state index in [9.17, 15) is 10.2 Å². The van der Waals surface area contributed by atoms with Gasteiger partial charge in [0.2, 0.25) is 0 Å². The zero-order valence-corrected chi connectivity index (χ0v) is 5.25. The molecular weight excluding hydrogens is 112 g/mol. The van der Waals surface area contributed by atoms with Gasteiger partial charge in [0, 0.05) is 24.7 Å². The Kier molecular flexibility index (Phi) is 6.33. The fourth-order valence-electron chi connectivity index (χ4n) is 0.243. The van der Waals surface area contributed by atoms with Gasteiger partial charge in [0.05, 0.1) is 0 Å². The van der Waals surface area contributed by atoms with Crippen LogP contribution in [0.1, 0.15) is 0 Å². The monoisotopic (exact) mass is 113 g/mol. The molecular formula is C3HLi2NO3. The predicted octanol–water partition coefficient (Wildman–Crippen LogP) is -3.48. The van der Waals surface area contributed by atoms with Crippen LogP contribution in [0.15, 0.2) is 10.7 Å². The SMILES string of the molecule is [Li+].[Li].[O]c1nc([O-])co1. The molecule has 0 amide bonds. The van der Waals surface area contributed by atoms with Crippen LogP contribution in [0.2, 0.25) is 0 Å². The summed E-state index contributed by atoms with van der Waals surface area (Å²) in [6.45, 7) is 0. The molecule has 0 saturated carbocycles. The average Bonchev–Trinajstić information content (AvgIpc) is 1.87. The first kappa shape index (κ1) is 11.8. The molecule has 38 valence electrons. The number of aromatic nitrogens is 1. The van der Waals surface area contributed by atoms with Crippen LogP contribution < -0.4 is 24.0 Å². The summed E-state index contributed by atoms with van der Waals surface area (Å²) in [6.07, 6.45) is -0.0625. The summed E-state index contributed by atoms with van der Waals surface area (Å²) in [7, 11) is 0. The molecule has 0 N–H and O–H groups in total. The summed E-state index contributed by atoms with van der Waals surface area (Å²) < 4.78 is 3.98. The molecule has 2 radical (unpaired) electrons. The summed E-state index contributed by atoms with van der Waals surface area (Å²) in [5.74, 6) is -0.620. The van der Waals surface area contributed by atoms with Crippen molar-refractivity contribution >= 4 is 18.9 Å². The number of hydrogen-bond acceptors (Lipinski definition) is 3. The molecule has 0 saturated heterocycles. The van der Waals surface area contributed by atoms with Gasteiger partial charge in [-0.25, -0.2) is 5.11 Å². The Labute approximate surface area is 75.6 Å². The number of hydrogen-bond donors (Lipinski definition) is 0. The summed E-state index contributed by atoms with van der Waals surface area (Å²) >= 11 is 0. The van der Waals surface area contributed by atoms with E-state index in [0.717, 1.165) is 6.26 Å². The smallest absolute Gasteiger partial charge is 0.856 e. The van der Waals surface area contributed by atoms with Crippen LogP contribution in [0.4, 0.5) is 0 Å². The first-order valence-electron chi connectivity index (χ1n) is 1.58. The molecule has 6 heteroatoms. The summed E-state index contributed by atoms with van der Waals surface area (Å²) in [5, 5.41) is 19.7. The van der Waals surface area contributed by atoms with Gasteiger partial charge in [-0.05, 0) is 0 Å². The molecule has 0 aromatic carbocycles. The van der Waals surface area contributed by atoms with Crippen LogP contribution in [0, 0.1) is 0 Å². The van der Waals surface area contributed by atoms with Crippen molar-refractivity contribution in [2.45, 2.75) is 0 Å². The largest absolute Gasteiger partial charge is 1.00 e. The second-order valence-electron chi connectivity index (χ2n) is 0.952. The predicted molar refractivity (Wildman–Crippen MR) is 21.8 cm³/mol. The number of rotatable bonds is 0. The third-order valence-corrected chi connectivity index (χ3v) is 0.462. The summed E-state index contributed by atoms with van der Waals surface area (Å²) in [6, 6.07) is 0. The Morgan fingerprint density at radius 3 is 2.33 bits per heavy atom. The molecule has 0 bridgehead atoms. The van der Waals surface area contributed by atoms with E-state index in [1.807, 2.05) is 0 Å². The van der Waals surface area contributed by atoms with E-state index in [0.29, 0.717) is 0 Å². The molecule has 9 heavy (non-hydrogen) atoms. The molecule has 1 heterocycles.